The first-order valence-electron chi connectivity index (χ1n) is 24.6. The highest BCUT2D eigenvalue weighted by Crippen LogP contribution is 2.40. The summed E-state index contributed by atoms with van der Waals surface area (Å²) in [4.78, 5) is 39.1. The molecule has 0 aromatic carbocycles. The zero-order valence-electron chi connectivity index (χ0n) is 41.6. The second-order valence-corrected chi connectivity index (χ2v) is 19.0. The molecule has 2 heterocycles. The molecule has 0 saturated carbocycles. The molecule has 2 amide bonds. The first-order chi connectivity index (χ1) is 32.1. The fraction of sp³-hybridized carbons (Fsp3) is 0.894. The highest BCUT2D eigenvalue weighted by atomic mass is 31.1. The zero-order valence-corrected chi connectivity index (χ0v) is 43.4. The standard InChI is InChI=1S/C47H84N2O16P2/c1-9-12-14-15-16-17-18-19-20-21-22-23-24-25-26-27-38(51)48-40-44(63-37(32-57-7)43(65-67(55)56)47(40,6)61-30-28-34(4)58-8)59-33-36-42(53)46(5,60-29-13-10-2)41(45(62-36)64-66-54)49-39(52)31-35(50)11-3/h17-18,34,36-37,40-45,53H,9-16,19-33H2,1-8H3,(H,48,51)(H,49,52)/b18-17-/t34-,36-,37-,40+,41+,42-,43-,44-,45-,46?,47?/m1/s1. The van der Waals surface area contributed by atoms with Crippen LogP contribution in [0.5, 0.6) is 0 Å². The third kappa shape index (κ3) is 21.5. The number of hydrogen-bond donors (Lipinski definition) is 3. The van der Waals surface area contributed by atoms with Gasteiger partial charge in [-0.1, -0.05) is 90.7 Å². The fourth-order valence-electron chi connectivity index (χ4n) is 8.33. The second-order valence-electron chi connectivity index (χ2n) is 18.0. The molecule has 2 rings (SSSR count). The van der Waals surface area contributed by atoms with Crippen molar-refractivity contribution in [2.24, 2.45) is 0 Å². The van der Waals surface area contributed by atoms with Crippen molar-refractivity contribution in [3.8, 4) is 0 Å². The second kappa shape index (κ2) is 34.3. The normalized spacial score (nSPS) is 28.1. The maximum atomic E-state index is 13.9. The molecule has 2 unspecified atom stereocenters. The van der Waals surface area contributed by atoms with Crippen LogP contribution >= 0.6 is 16.6 Å². The molecule has 2 aliphatic rings. The number of ether oxygens (including phenoxy) is 7. The fourth-order valence-corrected chi connectivity index (χ4v) is 9.11. The van der Waals surface area contributed by atoms with E-state index in [2.05, 4.69) is 29.7 Å². The molecule has 11 atom stereocenters. The van der Waals surface area contributed by atoms with Crippen molar-refractivity contribution in [2.75, 3.05) is 40.6 Å². The van der Waals surface area contributed by atoms with Gasteiger partial charge in [0, 0.05) is 33.7 Å². The number of rotatable bonds is 38. The Balaban J connectivity index is 2.35. The predicted molar refractivity (Wildman–Crippen MR) is 251 cm³/mol. The van der Waals surface area contributed by atoms with Crippen LogP contribution in [0, 0.1) is 0 Å². The third-order valence-corrected chi connectivity index (χ3v) is 13.3. The van der Waals surface area contributed by atoms with Crippen molar-refractivity contribution in [3.05, 3.63) is 12.2 Å². The number of Topliss-reactive ketones (excluding diaryl/α,β-unsaturated/α-hetero) is 1. The molecule has 2 aliphatic heterocycles. The topological polar surface area (TPSA) is 230 Å². The van der Waals surface area contributed by atoms with E-state index in [1.54, 1.807) is 27.9 Å². The lowest BCUT2D eigenvalue weighted by Gasteiger charge is -2.53. The Morgan fingerprint density at radius 3 is 1.94 bits per heavy atom. The van der Waals surface area contributed by atoms with Crippen molar-refractivity contribution in [2.45, 2.75) is 230 Å². The van der Waals surface area contributed by atoms with Gasteiger partial charge in [-0.05, 0) is 65.7 Å². The summed E-state index contributed by atoms with van der Waals surface area (Å²) in [6, 6.07) is -2.42. The number of allylic oxidation sites excluding steroid dienone is 2. The lowest BCUT2D eigenvalue weighted by atomic mass is 9.82. The summed E-state index contributed by atoms with van der Waals surface area (Å²) in [6.07, 6.45) is 12.2. The van der Waals surface area contributed by atoms with E-state index in [0.29, 0.717) is 19.3 Å². The number of unbranched alkanes of at least 4 members (excludes halogenated alkanes) is 12. The minimum Gasteiger partial charge on any atom is -0.387 e. The van der Waals surface area contributed by atoms with Crippen molar-refractivity contribution in [3.63, 3.8) is 0 Å². The number of aliphatic hydroxyl groups excluding tert-OH is 1. The minimum atomic E-state index is -3.45. The van der Waals surface area contributed by atoms with Crippen LogP contribution in [0.15, 0.2) is 12.2 Å². The quantitative estimate of drug-likeness (QED) is 0.0229. The Morgan fingerprint density at radius 1 is 0.761 bits per heavy atom. The summed E-state index contributed by atoms with van der Waals surface area (Å²) in [5.41, 5.74) is -3.24. The molecule has 0 aromatic rings. The molecular weight excluding hydrogens is 910 g/mol. The number of amides is 2. The number of carbonyl (C=O) groups is 3. The van der Waals surface area contributed by atoms with Gasteiger partial charge in [-0.25, -0.2) is 13.7 Å². The number of hydrogen-bond acceptors (Lipinski definition) is 16. The van der Waals surface area contributed by atoms with Crippen molar-refractivity contribution in [1.29, 1.82) is 0 Å². The van der Waals surface area contributed by atoms with Crippen molar-refractivity contribution >= 4 is 34.2 Å². The molecule has 388 valence electrons. The van der Waals surface area contributed by atoms with Gasteiger partial charge in [-0.15, -0.1) is 0 Å². The van der Waals surface area contributed by atoms with E-state index in [-0.39, 0.29) is 50.5 Å². The highest BCUT2D eigenvalue weighted by molar-refractivity contribution is 7.24. The molecule has 18 nitrogen and oxygen atoms in total. The molecule has 0 aliphatic carbocycles. The van der Waals surface area contributed by atoms with Gasteiger partial charge in [0.05, 0.1) is 32.3 Å². The number of aliphatic hydroxyl groups is 1. The van der Waals surface area contributed by atoms with Gasteiger partial charge < -0.3 is 48.9 Å². The molecule has 0 bridgehead atoms. The van der Waals surface area contributed by atoms with E-state index < -0.39 is 95.8 Å². The molecule has 2 fully saturated rings. The van der Waals surface area contributed by atoms with Crippen LogP contribution in [-0.2, 0) is 70.3 Å². The predicted octanol–water partition coefficient (Wildman–Crippen LogP) is 8.31. The number of nitrogens with one attached hydrogen (secondary N) is 2. The van der Waals surface area contributed by atoms with Crippen molar-refractivity contribution in [1.82, 2.24) is 10.6 Å². The van der Waals surface area contributed by atoms with Crippen LogP contribution in [0.4, 0.5) is 0 Å². The smallest absolute Gasteiger partial charge is 0.387 e. The molecule has 67 heavy (non-hydrogen) atoms. The minimum absolute atomic E-state index is 0.0669. The van der Waals surface area contributed by atoms with Gasteiger partial charge in [0.1, 0.15) is 53.5 Å². The van der Waals surface area contributed by atoms with Gasteiger partial charge in [0.2, 0.25) is 11.8 Å². The van der Waals surface area contributed by atoms with Crippen LogP contribution in [0.1, 0.15) is 164 Å². The summed E-state index contributed by atoms with van der Waals surface area (Å²) >= 11 is 0. The summed E-state index contributed by atoms with van der Waals surface area (Å²) in [5, 5.41) is 17.7. The molecule has 0 spiro atoms. The number of ketones is 1. The van der Waals surface area contributed by atoms with E-state index >= 15 is 0 Å². The van der Waals surface area contributed by atoms with E-state index in [0.717, 1.165) is 57.8 Å². The molecule has 0 radical (unpaired) electrons. The highest BCUT2D eigenvalue weighted by Gasteiger charge is 2.59. The maximum absolute atomic E-state index is 13.9. The van der Waals surface area contributed by atoms with Crippen LogP contribution < -0.4 is 10.6 Å². The van der Waals surface area contributed by atoms with Gasteiger partial charge in [0.15, 0.2) is 12.6 Å². The van der Waals surface area contributed by atoms with E-state index in [9.17, 15) is 33.2 Å². The number of carbonyl (C=O) groups excluding carboxylic acids is 3. The number of methoxy groups -OCH3 is 2. The summed E-state index contributed by atoms with van der Waals surface area (Å²) in [7, 11) is -1.29. The Labute approximate surface area is 401 Å². The first kappa shape index (κ1) is 61.1. The van der Waals surface area contributed by atoms with Crippen LogP contribution in [0.25, 0.3) is 0 Å². The van der Waals surface area contributed by atoms with Crippen LogP contribution in [0.3, 0.4) is 0 Å². The molecule has 0 aromatic heterocycles. The Morgan fingerprint density at radius 2 is 1.34 bits per heavy atom. The van der Waals surface area contributed by atoms with Gasteiger partial charge >= 0.3 is 16.6 Å². The SMILES string of the molecule is CCCCCC/C=C\CCCCCCCCCC(=O)N[C@H]1[C@H](OC[C@H]2O[C@H](OP=O)[C@H](NC(=O)CC(=O)CC)C(C)(OCCCC)[C@@H]2O)O[C@H](COC)[C@@H](OP(=O)=O)C1(C)OCC[C@@H](C)OC. The average Bonchev–Trinajstić information content (AvgIpc) is 3.29. The summed E-state index contributed by atoms with van der Waals surface area (Å²) < 4.78 is 90.0. The Hall–Kier alpha value is -2.05. The lowest BCUT2D eigenvalue weighted by molar-refractivity contribution is -0.323. The largest absolute Gasteiger partial charge is 0.468 e. The molecule has 2 saturated heterocycles. The van der Waals surface area contributed by atoms with Crippen LogP contribution in [0.2, 0.25) is 0 Å². The van der Waals surface area contributed by atoms with Gasteiger partial charge in [-0.3, -0.25) is 23.4 Å². The molecular formula is C47H84N2O16P2. The average molecular weight is 995 g/mol. The zero-order chi connectivity index (χ0) is 49.7. The summed E-state index contributed by atoms with van der Waals surface area (Å²) in [5.74, 6) is -1.34. The monoisotopic (exact) mass is 995 g/mol. The van der Waals surface area contributed by atoms with Gasteiger partial charge in [0.25, 0.3) is 0 Å². The first-order valence-corrected chi connectivity index (χ1v) is 26.4. The Bertz CT molecular complexity index is 1520. The van der Waals surface area contributed by atoms with E-state index in [1.165, 1.54) is 32.8 Å². The molecule has 3 N–H and O–H groups in total. The van der Waals surface area contributed by atoms with Gasteiger partial charge in [-0.2, -0.15) is 0 Å². The maximum Gasteiger partial charge on any atom is 0.468 e. The lowest BCUT2D eigenvalue weighted by Crippen LogP contribution is -2.73. The Kier molecular flexibility index (Phi) is 31.3. The van der Waals surface area contributed by atoms with Crippen molar-refractivity contribution < 1.29 is 75.4 Å². The van der Waals surface area contributed by atoms with Crippen LogP contribution in [-0.4, -0.2) is 130 Å². The summed E-state index contributed by atoms with van der Waals surface area (Å²) in [6.45, 7) is 10.5. The van der Waals surface area contributed by atoms with E-state index in [1.807, 2.05) is 13.8 Å². The third-order valence-electron chi connectivity index (χ3n) is 12.6. The molecule has 20 heteroatoms. The van der Waals surface area contributed by atoms with E-state index in [4.69, 9.17) is 42.2 Å².